The average molecular weight is 747 g/mol. The van der Waals surface area contributed by atoms with Gasteiger partial charge in [-0.2, -0.15) is 0 Å². The molecular weight excluding hydrogens is 705 g/mol. The lowest BCUT2D eigenvalue weighted by Gasteiger charge is -2.30. The smallest absolute Gasteiger partial charge is 0.244 e. The van der Waals surface area contributed by atoms with Gasteiger partial charge in [-0.25, -0.2) is 9.97 Å². The molecule has 0 bridgehead atoms. The van der Waals surface area contributed by atoms with Crippen LogP contribution in [-0.2, 0) is 22.8 Å². The maximum atomic E-state index is 13.5. The number of likely N-dealkylation sites (tertiary alicyclic amines) is 2. The Bertz CT molecular complexity index is 2240. The maximum Gasteiger partial charge on any atom is 0.244 e. The maximum absolute atomic E-state index is 13.5. The molecule has 0 radical (unpaired) electrons. The van der Waals surface area contributed by atoms with E-state index in [0.29, 0.717) is 26.3 Å². The topological polar surface area (TPSA) is 168 Å². The molecule has 6 N–H and O–H groups in total. The highest BCUT2D eigenvalue weighted by atomic mass is 16.5. The number of nitrogens with zero attached hydrogens (tertiary/aromatic N) is 4. The van der Waals surface area contributed by atoms with Crippen LogP contribution in [-0.4, -0.2) is 54.6 Å². The Labute approximate surface area is 323 Å². The molecule has 0 spiro atoms. The summed E-state index contributed by atoms with van der Waals surface area (Å²) in [5.74, 6) is 2.91. The molecular formula is C44H42N8O4. The lowest BCUT2D eigenvalue weighted by Crippen LogP contribution is -2.38. The predicted molar refractivity (Wildman–Crippen MR) is 210 cm³/mol. The third-order valence-electron chi connectivity index (χ3n) is 11.7. The Morgan fingerprint density at radius 3 is 1.50 bits per heavy atom. The SMILES string of the molecule is NC(C(=O)N1CCCC1c1ncc(-c2cc3c4c(c2)OCc2cc(-c5cnc(C6CCCN6C(=O)C(N)c6ccccc6)[nH]5)cc(c2-4)OC3)[nH]1)c1ccccc1. The van der Waals surface area contributed by atoms with Gasteiger partial charge in [-0.1, -0.05) is 60.7 Å². The summed E-state index contributed by atoms with van der Waals surface area (Å²) in [6.07, 6.45) is 7.07. The molecule has 12 heteroatoms. The van der Waals surface area contributed by atoms with Crippen LogP contribution in [0.15, 0.2) is 97.3 Å². The van der Waals surface area contributed by atoms with E-state index in [1.54, 1.807) is 0 Å². The molecule has 6 aromatic rings. The number of H-pyrrole nitrogens is 2. The third kappa shape index (κ3) is 5.84. The van der Waals surface area contributed by atoms with E-state index in [0.717, 1.165) is 105 Å². The number of benzene rings is 4. The van der Waals surface area contributed by atoms with Gasteiger partial charge < -0.3 is 40.7 Å². The number of hydrogen-bond acceptors (Lipinski definition) is 8. The quantitative estimate of drug-likeness (QED) is 0.134. The number of amides is 2. The second-order valence-electron chi connectivity index (χ2n) is 15.1. The summed E-state index contributed by atoms with van der Waals surface area (Å²) >= 11 is 0. The summed E-state index contributed by atoms with van der Waals surface area (Å²) in [6, 6.07) is 25.6. The van der Waals surface area contributed by atoms with Crippen LogP contribution >= 0.6 is 0 Å². The minimum atomic E-state index is -0.719. The predicted octanol–water partition coefficient (Wildman–Crippen LogP) is 6.65. The molecule has 4 aromatic carbocycles. The molecule has 0 aliphatic carbocycles. The molecule has 6 heterocycles. The van der Waals surface area contributed by atoms with Crippen LogP contribution in [0.2, 0.25) is 0 Å². The van der Waals surface area contributed by atoms with E-state index in [2.05, 4.69) is 34.2 Å². The van der Waals surface area contributed by atoms with Crippen molar-refractivity contribution < 1.29 is 19.1 Å². The highest BCUT2D eigenvalue weighted by Crippen LogP contribution is 2.51. The van der Waals surface area contributed by atoms with Gasteiger partial charge in [0.2, 0.25) is 11.8 Å². The van der Waals surface area contributed by atoms with Crippen molar-refractivity contribution in [1.29, 1.82) is 0 Å². The fraction of sp³-hybridized carbons (Fsp3) is 0.273. The lowest BCUT2D eigenvalue weighted by molar-refractivity contribution is -0.134. The van der Waals surface area contributed by atoms with Gasteiger partial charge in [0, 0.05) is 46.5 Å². The molecule has 0 saturated carbocycles. The largest absolute Gasteiger partial charge is 0.488 e. The number of nitrogens with two attached hydrogens (primary N) is 2. The van der Waals surface area contributed by atoms with Gasteiger partial charge in [-0.15, -0.1) is 0 Å². The molecule has 4 aliphatic heterocycles. The van der Waals surface area contributed by atoms with Gasteiger partial charge in [0.15, 0.2) is 0 Å². The van der Waals surface area contributed by atoms with E-state index in [4.69, 9.17) is 30.9 Å². The van der Waals surface area contributed by atoms with Gasteiger partial charge in [0.1, 0.15) is 48.4 Å². The number of hydrogen-bond donors (Lipinski definition) is 4. The van der Waals surface area contributed by atoms with Crippen molar-refractivity contribution in [2.45, 2.75) is 63.1 Å². The number of rotatable bonds is 8. The number of carbonyl (C=O) groups excluding carboxylic acids is 2. The monoisotopic (exact) mass is 746 g/mol. The first-order chi connectivity index (χ1) is 27.4. The van der Waals surface area contributed by atoms with Gasteiger partial charge >= 0.3 is 0 Å². The zero-order chi connectivity index (χ0) is 37.9. The highest BCUT2D eigenvalue weighted by molar-refractivity contribution is 5.89. The van der Waals surface area contributed by atoms with Crippen molar-refractivity contribution in [2.24, 2.45) is 11.5 Å². The van der Waals surface area contributed by atoms with E-state index in [1.807, 2.05) is 82.9 Å². The molecule has 4 unspecified atom stereocenters. The van der Waals surface area contributed by atoms with Crippen LogP contribution in [0, 0.1) is 0 Å². The summed E-state index contributed by atoms with van der Waals surface area (Å²) in [5, 5.41) is 0. The number of imidazole rings is 2. The van der Waals surface area contributed by atoms with Crippen LogP contribution in [0.25, 0.3) is 33.6 Å². The number of carbonyl (C=O) groups is 2. The van der Waals surface area contributed by atoms with Crippen LogP contribution < -0.4 is 20.9 Å². The first-order valence-corrected chi connectivity index (χ1v) is 19.3. The normalized spacial score (nSPS) is 19.2. The van der Waals surface area contributed by atoms with Gasteiger partial charge in [0.05, 0.1) is 35.9 Å². The van der Waals surface area contributed by atoms with Crippen LogP contribution in [0.4, 0.5) is 0 Å². The van der Waals surface area contributed by atoms with Gasteiger partial charge in [-0.05, 0) is 61.1 Å². The molecule has 2 saturated heterocycles. The molecule has 2 amide bonds. The molecule has 4 atom stereocenters. The highest BCUT2D eigenvalue weighted by Gasteiger charge is 2.37. The summed E-state index contributed by atoms with van der Waals surface area (Å²) in [5.41, 5.74) is 22.2. The summed E-state index contributed by atoms with van der Waals surface area (Å²) < 4.78 is 12.9. The van der Waals surface area contributed by atoms with Crippen molar-refractivity contribution in [2.75, 3.05) is 13.1 Å². The molecule has 10 rings (SSSR count). The minimum Gasteiger partial charge on any atom is -0.488 e. The summed E-state index contributed by atoms with van der Waals surface area (Å²) in [7, 11) is 0. The van der Waals surface area contributed by atoms with Gasteiger partial charge in [0.25, 0.3) is 0 Å². The zero-order valence-electron chi connectivity index (χ0n) is 30.8. The summed E-state index contributed by atoms with van der Waals surface area (Å²) in [6.45, 7) is 2.05. The van der Waals surface area contributed by atoms with E-state index < -0.39 is 12.1 Å². The van der Waals surface area contributed by atoms with Crippen LogP contribution in [0.1, 0.15) is 83.8 Å². The Kier molecular flexibility index (Phi) is 8.45. The fourth-order valence-electron chi connectivity index (χ4n) is 8.89. The van der Waals surface area contributed by atoms with Crippen molar-refractivity contribution in [1.82, 2.24) is 29.7 Å². The van der Waals surface area contributed by atoms with Crippen molar-refractivity contribution in [3.05, 3.63) is 131 Å². The van der Waals surface area contributed by atoms with Crippen LogP contribution in [0.3, 0.4) is 0 Å². The Morgan fingerprint density at radius 1 is 0.643 bits per heavy atom. The number of ether oxygens (including phenoxy) is 2. The zero-order valence-corrected chi connectivity index (χ0v) is 30.8. The number of aromatic amines is 2. The Hall–Kier alpha value is -6.24. The van der Waals surface area contributed by atoms with E-state index in [1.165, 1.54) is 0 Å². The molecule has 2 fully saturated rings. The van der Waals surface area contributed by atoms with Gasteiger partial charge in [-0.3, -0.25) is 9.59 Å². The van der Waals surface area contributed by atoms with E-state index >= 15 is 0 Å². The first kappa shape index (κ1) is 34.3. The first-order valence-electron chi connectivity index (χ1n) is 19.3. The molecule has 282 valence electrons. The molecule has 56 heavy (non-hydrogen) atoms. The molecule has 12 nitrogen and oxygen atoms in total. The standard InChI is InChI=1S/C44H42N8O4/c45-39(25-9-3-1-4-10-25)43(53)51-15-7-13-33(51)41-47-21-31(49-41)27-17-29-23-56-36-20-28(18-30-24-55-35(19-27)37(29)38(30)36)32-22-48-42(50-32)34-14-8-16-52(34)44(54)40(46)26-11-5-2-6-12-26/h1-6,9-12,17-22,33-34,39-40H,7-8,13-16,23-24,45-46H2,(H,47,49)(H,48,50). The van der Waals surface area contributed by atoms with Crippen molar-refractivity contribution in [3.8, 4) is 45.1 Å². The van der Waals surface area contributed by atoms with E-state index in [-0.39, 0.29) is 23.9 Å². The number of nitrogens with one attached hydrogen (secondary N) is 2. The fourth-order valence-corrected chi connectivity index (χ4v) is 8.89. The Morgan fingerprint density at radius 2 is 1.07 bits per heavy atom. The lowest BCUT2D eigenvalue weighted by atomic mass is 9.87. The molecule has 4 aliphatic rings. The van der Waals surface area contributed by atoms with Crippen LogP contribution in [0.5, 0.6) is 11.5 Å². The average Bonchev–Trinajstić information content (AvgIpc) is 4.09. The van der Waals surface area contributed by atoms with Crippen molar-refractivity contribution >= 4 is 11.8 Å². The number of aromatic nitrogens is 4. The minimum absolute atomic E-state index is 0.0947. The summed E-state index contributed by atoms with van der Waals surface area (Å²) in [4.78, 5) is 47.3. The third-order valence-corrected chi connectivity index (χ3v) is 11.7. The van der Waals surface area contributed by atoms with Crippen molar-refractivity contribution in [3.63, 3.8) is 0 Å². The molecule has 2 aromatic heterocycles. The Balaban J connectivity index is 0.886. The second kappa shape index (κ2) is 13.8. The van der Waals surface area contributed by atoms with E-state index in [9.17, 15) is 9.59 Å². The second-order valence-corrected chi connectivity index (χ2v) is 15.1.